The van der Waals surface area contributed by atoms with Crippen molar-refractivity contribution in [3.05, 3.63) is 101 Å². The van der Waals surface area contributed by atoms with Gasteiger partial charge in [-0.05, 0) is 49.6 Å². The van der Waals surface area contributed by atoms with Crippen molar-refractivity contribution in [2.45, 2.75) is 26.8 Å². The van der Waals surface area contributed by atoms with Crippen LogP contribution in [0.25, 0.3) is 0 Å². The molecule has 6 heteroatoms. The van der Waals surface area contributed by atoms with Gasteiger partial charge in [0.2, 0.25) is 11.8 Å². The molecule has 3 aromatic rings. The molecule has 0 fully saturated rings. The van der Waals surface area contributed by atoms with Crippen molar-refractivity contribution in [1.82, 2.24) is 10.6 Å². The van der Waals surface area contributed by atoms with Crippen molar-refractivity contribution in [3.63, 3.8) is 0 Å². The maximum atomic E-state index is 12.9. The normalized spacial score (nSPS) is 11.3. The van der Waals surface area contributed by atoms with E-state index in [-0.39, 0.29) is 18.4 Å². The van der Waals surface area contributed by atoms with Gasteiger partial charge in [0, 0.05) is 11.3 Å². The molecular weight excluding hydrogens is 402 g/mol. The number of anilines is 1. The van der Waals surface area contributed by atoms with Gasteiger partial charge in [0.25, 0.3) is 5.91 Å². The van der Waals surface area contributed by atoms with Gasteiger partial charge in [-0.1, -0.05) is 66.2 Å². The van der Waals surface area contributed by atoms with Crippen LogP contribution in [0.15, 0.2) is 72.8 Å². The molecule has 164 valence electrons. The first kappa shape index (κ1) is 22.7. The van der Waals surface area contributed by atoms with E-state index in [9.17, 15) is 14.4 Å². The summed E-state index contributed by atoms with van der Waals surface area (Å²) in [5.41, 5.74) is 4.85. The molecule has 0 aliphatic carbocycles. The molecule has 3 amide bonds. The van der Waals surface area contributed by atoms with Crippen LogP contribution in [-0.4, -0.2) is 24.3 Å². The molecule has 0 aliphatic heterocycles. The van der Waals surface area contributed by atoms with Crippen LogP contribution in [-0.2, 0) is 9.59 Å². The standard InChI is InChI=1S/C26H27N3O3/c1-17-14-18(2)23(19(3)15-17)28-22(30)16-27-26(32)24(20-10-6-4-7-11-20)29-25(31)21-12-8-5-9-13-21/h4-15,24H,16H2,1-3H3,(H,27,32)(H,28,30)(H,29,31). The number of hydrogen-bond donors (Lipinski definition) is 3. The summed E-state index contributed by atoms with van der Waals surface area (Å²) in [4.78, 5) is 38.1. The number of amides is 3. The van der Waals surface area contributed by atoms with Gasteiger partial charge in [0.15, 0.2) is 0 Å². The second kappa shape index (κ2) is 10.4. The summed E-state index contributed by atoms with van der Waals surface area (Å²) in [5.74, 6) is -1.17. The lowest BCUT2D eigenvalue weighted by Crippen LogP contribution is -2.43. The molecule has 0 spiro atoms. The molecule has 0 saturated heterocycles. The number of carbonyl (C=O) groups excluding carboxylic acids is 3. The third-order valence-electron chi connectivity index (χ3n) is 5.07. The molecular formula is C26H27N3O3. The van der Waals surface area contributed by atoms with E-state index in [1.807, 2.05) is 45.0 Å². The maximum Gasteiger partial charge on any atom is 0.252 e. The molecule has 1 unspecified atom stereocenters. The highest BCUT2D eigenvalue weighted by molar-refractivity contribution is 5.99. The second-order valence-electron chi connectivity index (χ2n) is 7.72. The third kappa shape index (κ3) is 5.82. The molecule has 3 aromatic carbocycles. The molecule has 0 radical (unpaired) electrons. The van der Waals surface area contributed by atoms with E-state index in [2.05, 4.69) is 16.0 Å². The van der Waals surface area contributed by atoms with Crippen LogP contribution < -0.4 is 16.0 Å². The van der Waals surface area contributed by atoms with E-state index >= 15 is 0 Å². The molecule has 0 heterocycles. The zero-order valence-electron chi connectivity index (χ0n) is 18.4. The van der Waals surface area contributed by atoms with Gasteiger partial charge in [-0.3, -0.25) is 14.4 Å². The number of benzene rings is 3. The van der Waals surface area contributed by atoms with Gasteiger partial charge in [0.1, 0.15) is 6.04 Å². The Morgan fingerprint density at radius 3 is 1.97 bits per heavy atom. The molecule has 0 aliphatic rings. The van der Waals surface area contributed by atoms with Crippen LogP contribution in [0.5, 0.6) is 0 Å². The SMILES string of the molecule is Cc1cc(C)c(NC(=O)CNC(=O)C(NC(=O)c2ccccc2)c2ccccc2)c(C)c1. The average molecular weight is 430 g/mol. The average Bonchev–Trinajstić information content (AvgIpc) is 2.79. The van der Waals surface area contributed by atoms with Crippen LogP contribution in [0.2, 0.25) is 0 Å². The summed E-state index contributed by atoms with van der Waals surface area (Å²) in [6.07, 6.45) is 0. The zero-order chi connectivity index (χ0) is 23.1. The van der Waals surface area contributed by atoms with Crippen LogP contribution in [0.4, 0.5) is 5.69 Å². The van der Waals surface area contributed by atoms with Gasteiger partial charge in [-0.15, -0.1) is 0 Å². The molecule has 1 atom stereocenters. The second-order valence-corrected chi connectivity index (χ2v) is 7.72. The van der Waals surface area contributed by atoms with Gasteiger partial charge in [-0.2, -0.15) is 0 Å². The Kier molecular flexibility index (Phi) is 7.39. The van der Waals surface area contributed by atoms with Gasteiger partial charge in [0.05, 0.1) is 6.54 Å². The summed E-state index contributed by atoms with van der Waals surface area (Å²) >= 11 is 0. The van der Waals surface area contributed by atoms with Crippen LogP contribution in [0.3, 0.4) is 0 Å². The highest BCUT2D eigenvalue weighted by Crippen LogP contribution is 2.21. The minimum Gasteiger partial charge on any atom is -0.345 e. The Morgan fingerprint density at radius 2 is 1.38 bits per heavy atom. The van der Waals surface area contributed by atoms with E-state index in [1.165, 1.54) is 0 Å². The minimum atomic E-state index is -0.931. The fraction of sp³-hybridized carbons (Fsp3) is 0.192. The van der Waals surface area contributed by atoms with Gasteiger partial charge in [-0.25, -0.2) is 0 Å². The highest BCUT2D eigenvalue weighted by atomic mass is 16.2. The lowest BCUT2D eigenvalue weighted by atomic mass is 10.0. The third-order valence-corrected chi connectivity index (χ3v) is 5.07. The Labute approximate surface area is 188 Å². The van der Waals surface area contributed by atoms with E-state index in [1.54, 1.807) is 48.5 Å². The zero-order valence-corrected chi connectivity index (χ0v) is 18.4. The first-order valence-corrected chi connectivity index (χ1v) is 10.4. The summed E-state index contributed by atoms with van der Waals surface area (Å²) in [6, 6.07) is 20.7. The van der Waals surface area contributed by atoms with Crippen LogP contribution in [0, 0.1) is 20.8 Å². The lowest BCUT2D eigenvalue weighted by molar-refractivity contribution is -0.125. The van der Waals surface area contributed by atoms with Crippen molar-refractivity contribution in [3.8, 4) is 0 Å². The predicted molar refractivity (Wildman–Crippen MR) is 125 cm³/mol. The molecule has 3 N–H and O–H groups in total. The fourth-order valence-electron chi connectivity index (χ4n) is 3.58. The Morgan fingerprint density at radius 1 is 0.812 bits per heavy atom. The fourth-order valence-corrected chi connectivity index (χ4v) is 3.58. The number of nitrogens with one attached hydrogen (secondary N) is 3. The van der Waals surface area contributed by atoms with Crippen LogP contribution >= 0.6 is 0 Å². The van der Waals surface area contributed by atoms with Gasteiger partial charge >= 0.3 is 0 Å². The molecule has 0 aromatic heterocycles. The molecule has 0 saturated carbocycles. The largest absolute Gasteiger partial charge is 0.345 e. The van der Waals surface area contributed by atoms with Crippen molar-refractivity contribution in [2.24, 2.45) is 0 Å². The summed E-state index contributed by atoms with van der Waals surface area (Å²) in [7, 11) is 0. The molecule has 3 rings (SSSR count). The van der Waals surface area contributed by atoms with E-state index in [0.29, 0.717) is 11.1 Å². The first-order chi connectivity index (χ1) is 15.3. The Bertz CT molecular complexity index is 1090. The maximum absolute atomic E-state index is 12.9. The monoisotopic (exact) mass is 429 g/mol. The summed E-state index contributed by atoms with van der Waals surface area (Å²) in [5, 5.41) is 8.27. The van der Waals surface area contributed by atoms with Crippen molar-refractivity contribution >= 4 is 23.4 Å². The van der Waals surface area contributed by atoms with E-state index in [4.69, 9.17) is 0 Å². The van der Waals surface area contributed by atoms with Crippen molar-refractivity contribution < 1.29 is 14.4 Å². The Hall–Kier alpha value is -3.93. The van der Waals surface area contributed by atoms with E-state index < -0.39 is 11.9 Å². The quantitative estimate of drug-likeness (QED) is 0.533. The Balaban J connectivity index is 1.69. The number of carbonyl (C=O) groups is 3. The molecule has 32 heavy (non-hydrogen) atoms. The molecule has 6 nitrogen and oxygen atoms in total. The van der Waals surface area contributed by atoms with Crippen LogP contribution in [0.1, 0.15) is 38.7 Å². The lowest BCUT2D eigenvalue weighted by Gasteiger charge is -2.19. The summed E-state index contributed by atoms with van der Waals surface area (Å²) in [6.45, 7) is 5.65. The first-order valence-electron chi connectivity index (χ1n) is 10.4. The van der Waals surface area contributed by atoms with Crippen molar-refractivity contribution in [2.75, 3.05) is 11.9 Å². The minimum absolute atomic E-state index is 0.212. The molecule has 0 bridgehead atoms. The van der Waals surface area contributed by atoms with E-state index in [0.717, 1.165) is 22.4 Å². The summed E-state index contributed by atoms with van der Waals surface area (Å²) < 4.78 is 0. The number of aryl methyl sites for hydroxylation is 3. The number of rotatable bonds is 7. The number of hydrogen-bond acceptors (Lipinski definition) is 3. The van der Waals surface area contributed by atoms with Gasteiger partial charge < -0.3 is 16.0 Å². The topological polar surface area (TPSA) is 87.3 Å². The smallest absolute Gasteiger partial charge is 0.252 e. The highest BCUT2D eigenvalue weighted by Gasteiger charge is 2.23. The van der Waals surface area contributed by atoms with Crippen molar-refractivity contribution in [1.29, 1.82) is 0 Å². The predicted octanol–water partition coefficient (Wildman–Crippen LogP) is 3.84.